The first-order valence-electron chi connectivity index (χ1n) is 10.0. The van der Waals surface area contributed by atoms with Crippen LogP contribution in [0.1, 0.15) is 31.7 Å². The summed E-state index contributed by atoms with van der Waals surface area (Å²) >= 11 is 3.36. The molecule has 1 aromatic heterocycles. The molecular weight excluding hydrogens is 496 g/mol. The molecule has 0 fully saturated rings. The lowest BCUT2D eigenvalue weighted by atomic mass is 10.2. The van der Waals surface area contributed by atoms with Crippen molar-refractivity contribution in [1.82, 2.24) is 9.66 Å². The zero-order valence-electron chi connectivity index (χ0n) is 18.1. The highest BCUT2D eigenvalue weighted by Gasteiger charge is 2.22. The number of aromatic nitrogens is 2. The zero-order valence-corrected chi connectivity index (χ0v) is 19.7. The average molecular weight is 517 g/mol. The molecule has 0 saturated heterocycles. The summed E-state index contributed by atoms with van der Waals surface area (Å²) in [5.74, 6) is -0.265. The highest BCUT2D eigenvalue weighted by atomic mass is 79.9. The number of aryl methyl sites for hydroxylation is 1. The minimum Gasteiger partial charge on any atom is -0.472 e. The second kappa shape index (κ2) is 10.3. The molecule has 1 heterocycles. The SMILES string of the molecule is CCCc1nc2ccc(Br)cc2c(=O)n1N=Cc1ccc(O[C@H](C)C(=O)OC)c([N+](=O)[O-])c1. The molecule has 0 unspecified atom stereocenters. The Labute approximate surface area is 197 Å². The van der Waals surface area contributed by atoms with E-state index in [4.69, 9.17) is 4.74 Å². The van der Waals surface area contributed by atoms with Gasteiger partial charge in [0, 0.05) is 22.5 Å². The number of hydrogen-bond acceptors (Lipinski definition) is 8. The van der Waals surface area contributed by atoms with E-state index in [-0.39, 0.29) is 17.0 Å². The van der Waals surface area contributed by atoms with Crippen molar-refractivity contribution < 1.29 is 19.2 Å². The summed E-state index contributed by atoms with van der Waals surface area (Å²) in [4.78, 5) is 40.1. The number of hydrogen-bond donors (Lipinski definition) is 0. The van der Waals surface area contributed by atoms with Crippen LogP contribution in [-0.4, -0.2) is 40.0 Å². The maximum Gasteiger partial charge on any atom is 0.346 e. The van der Waals surface area contributed by atoms with Crippen molar-refractivity contribution in [2.24, 2.45) is 5.10 Å². The lowest BCUT2D eigenvalue weighted by Crippen LogP contribution is -2.25. The number of fused-ring (bicyclic) bond motifs is 1. The Morgan fingerprint density at radius 1 is 1.33 bits per heavy atom. The van der Waals surface area contributed by atoms with Crippen LogP contribution in [0.3, 0.4) is 0 Å². The van der Waals surface area contributed by atoms with Gasteiger partial charge in [0.05, 0.1) is 29.2 Å². The third kappa shape index (κ3) is 5.43. The van der Waals surface area contributed by atoms with Gasteiger partial charge in [-0.15, -0.1) is 0 Å². The molecule has 3 aromatic rings. The van der Waals surface area contributed by atoms with E-state index in [2.05, 4.69) is 30.8 Å². The summed E-state index contributed by atoms with van der Waals surface area (Å²) in [5, 5.41) is 16.2. The largest absolute Gasteiger partial charge is 0.472 e. The fourth-order valence-electron chi connectivity index (χ4n) is 3.09. The average Bonchev–Trinajstić information content (AvgIpc) is 2.79. The first kappa shape index (κ1) is 24.1. The molecule has 0 aliphatic heterocycles. The first-order valence-corrected chi connectivity index (χ1v) is 10.8. The summed E-state index contributed by atoms with van der Waals surface area (Å²) in [5.41, 5.74) is 0.233. The summed E-state index contributed by atoms with van der Waals surface area (Å²) in [6, 6.07) is 9.38. The Kier molecular flexibility index (Phi) is 7.54. The fraction of sp³-hybridized carbons (Fsp3) is 0.273. The van der Waals surface area contributed by atoms with E-state index in [1.165, 1.54) is 43.1 Å². The van der Waals surface area contributed by atoms with Crippen molar-refractivity contribution >= 4 is 44.7 Å². The van der Waals surface area contributed by atoms with Gasteiger partial charge in [0.25, 0.3) is 5.56 Å². The van der Waals surface area contributed by atoms with Crippen LogP contribution in [0.5, 0.6) is 5.75 Å². The van der Waals surface area contributed by atoms with Crippen molar-refractivity contribution in [2.45, 2.75) is 32.8 Å². The summed E-state index contributed by atoms with van der Waals surface area (Å²) < 4.78 is 11.9. The van der Waals surface area contributed by atoms with Crippen LogP contribution >= 0.6 is 15.9 Å². The van der Waals surface area contributed by atoms with Crippen molar-refractivity contribution in [3.8, 4) is 5.75 Å². The van der Waals surface area contributed by atoms with Crippen molar-refractivity contribution in [3.05, 3.63) is 72.7 Å². The molecule has 0 aliphatic rings. The zero-order chi connectivity index (χ0) is 24.1. The molecular formula is C22H21BrN4O6. The second-order valence-corrected chi connectivity index (χ2v) is 7.98. The fourth-order valence-corrected chi connectivity index (χ4v) is 3.45. The monoisotopic (exact) mass is 516 g/mol. The minimum atomic E-state index is -1.02. The van der Waals surface area contributed by atoms with Gasteiger partial charge >= 0.3 is 11.7 Å². The Hall–Kier alpha value is -3.60. The Balaban J connectivity index is 2.02. The summed E-state index contributed by atoms with van der Waals surface area (Å²) in [6.45, 7) is 3.39. The summed E-state index contributed by atoms with van der Waals surface area (Å²) in [7, 11) is 1.20. The van der Waals surface area contributed by atoms with Crippen molar-refractivity contribution in [3.63, 3.8) is 0 Å². The van der Waals surface area contributed by atoms with Gasteiger partial charge < -0.3 is 9.47 Å². The van der Waals surface area contributed by atoms with Crippen LogP contribution < -0.4 is 10.3 Å². The molecule has 0 radical (unpaired) electrons. The smallest absolute Gasteiger partial charge is 0.346 e. The molecule has 172 valence electrons. The standard InChI is InChI=1S/C22H21BrN4O6/c1-4-5-20-25-17-8-7-15(23)11-16(17)21(28)26(20)24-12-14-6-9-19(18(10-14)27(30)31)33-13(2)22(29)32-3/h6-13H,4-5H2,1-3H3/t13-/m1/s1. The van der Waals surface area contributed by atoms with Gasteiger partial charge in [-0.2, -0.15) is 9.78 Å². The lowest BCUT2D eigenvalue weighted by Gasteiger charge is -2.12. The van der Waals surface area contributed by atoms with Crippen LogP contribution in [0.15, 0.2) is 50.8 Å². The number of nitrogens with zero attached hydrogens (tertiary/aromatic N) is 4. The highest BCUT2D eigenvalue weighted by molar-refractivity contribution is 9.10. The molecule has 3 rings (SSSR count). The van der Waals surface area contributed by atoms with Crippen molar-refractivity contribution in [1.29, 1.82) is 0 Å². The third-order valence-electron chi connectivity index (χ3n) is 4.69. The van der Waals surface area contributed by atoms with Gasteiger partial charge in [-0.25, -0.2) is 9.78 Å². The van der Waals surface area contributed by atoms with Crippen LogP contribution in [0.4, 0.5) is 5.69 Å². The van der Waals surface area contributed by atoms with Crippen LogP contribution in [-0.2, 0) is 16.0 Å². The first-order chi connectivity index (χ1) is 15.7. The molecule has 33 heavy (non-hydrogen) atoms. The molecule has 0 amide bonds. The van der Waals surface area contributed by atoms with Crippen molar-refractivity contribution in [2.75, 3.05) is 7.11 Å². The van der Waals surface area contributed by atoms with Gasteiger partial charge in [0.15, 0.2) is 11.9 Å². The van der Waals surface area contributed by atoms with E-state index >= 15 is 0 Å². The van der Waals surface area contributed by atoms with E-state index in [1.54, 1.807) is 12.1 Å². The van der Waals surface area contributed by atoms with Gasteiger partial charge in [-0.05, 0) is 43.7 Å². The normalized spacial score (nSPS) is 12.1. The predicted molar refractivity (Wildman–Crippen MR) is 126 cm³/mol. The van der Waals surface area contributed by atoms with E-state index in [1.807, 2.05) is 13.0 Å². The molecule has 1 atom stereocenters. The molecule has 0 aliphatic carbocycles. The minimum absolute atomic E-state index is 0.0869. The third-order valence-corrected chi connectivity index (χ3v) is 5.18. The van der Waals surface area contributed by atoms with Crippen LogP contribution in [0.25, 0.3) is 10.9 Å². The second-order valence-electron chi connectivity index (χ2n) is 7.07. The lowest BCUT2D eigenvalue weighted by molar-refractivity contribution is -0.386. The molecule has 10 nitrogen and oxygen atoms in total. The maximum absolute atomic E-state index is 13.1. The molecule has 2 aromatic carbocycles. The number of rotatable bonds is 8. The number of carbonyl (C=O) groups is 1. The van der Waals surface area contributed by atoms with Crippen LogP contribution in [0, 0.1) is 10.1 Å². The topological polar surface area (TPSA) is 126 Å². The van der Waals surface area contributed by atoms with Crippen LogP contribution in [0.2, 0.25) is 0 Å². The maximum atomic E-state index is 13.1. The number of nitro groups is 1. The Bertz CT molecular complexity index is 1300. The number of esters is 1. The molecule has 0 bridgehead atoms. The highest BCUT2D eigenvalue weighted by Crippen LogP contribution is 2.28. The summed E-state index contributed by atoms with van der Waals surface area (Å²) in [6.07, 6.45) is 1.59. The number of halogens is 1. The van der Waals surface area contributed by atoms with E-state index in [9.17, 15) is 19.7 Å². The van der Waals surface area contributed by atoms with E-state index < -0.39 is 17.0 Å². The van der Waals surface area contributed by atoms with E-state index in [0.29, 0.717) is 28.7 Å². The quantitative estimate of drug-likeness (QED) is 0.192. The Morgan fingerprint density at radius 3 is 2.76 bits per heavy atom. The molecule has 0 N–H and O–H groups in total. The number of carbonyl (C=O) groups excluding carboxylic acids is 1. The molecule has 0 spiro atoms. The van der Waals surface area contributed by atoms with Gasteiger partial charge in [0.2, 0.25) is 0 Å². The van der Waals surface area contributed by atoms with Gasteiger partial charge in [-0.1, -0.05) is 22.9 Å². The van der Waals surface area contributed by atoms with Gasteiger partial charge in [0.1, 0.15) is 5.82 Å². The molecule has 11 heteroatoms. The van der Waals surface area contributed by atoms with E-state index in [0.717, 1.165) is 10.9 Å². The predicted octanol–water partition coefficient (Wildman–Crippen LogP) is 3.84. The number of methoxy groups -OCH3 is 1. The number of nitro benzene ring substituents is 1. The Morgan fingerprint density at radius 2 is 2.09 bits per heavy atom. The number of ether oxygens (including phenoxy) is 2. The number of benzene rings is 2. The van der Waals surface area contributed by atoms with Gasteiger partial charge in [-0.3, -0.25) is 14.9 Å². The molecule has 0 saturated carbocycles.